The van der Waals surface area contributed by atoms with Crippen molar-refractivity contribution in [3.05, 3.63) is 102 Å². The largest absolute Gasteiger partial charge is 0.497 e. The van der Waals surface area contributed by atoms with Gasteiger partial charge in [0.15, 0.2) is 0 Å². The van der Waals surface area contributed by atoms with E-state index in [0.717, 1.165) is 5.75 Å². The maximum Gasteiger partial charge on any atom is 0.118 e. The van der Waals surface area contributed by atoms with Crippen molar-refractivity contribution in [3.63, 3.8) is 0 Å². The Labute approximate surface area is 131 Å². The Kier molecular flexibility index (Phi) is 4.35. The van der Waals surface area contributed by atoms with E-state index in [4.69, 9.17) is 4.74 Å². The van der Waals surface area contributed by atoms with Crippen LogP contribution < -0.4 is 4.74 Å². The summed E-state index contributed by atoms with van der Waals surface area (Å²) >= 11 is 0. The minimum Gasteiger partial charge on any atom is -0.497 e. The molecule has 0 atom stereocenters. The molecule has 22 heavy (non-hydrogen) atoms. The second kappa shape index (κ2) is 6.77. The van der Waals surface area contributed by atoms with Gasteiger partial charge in [-0.1, -0.05) is 72.8 Å². The average Bonchev–Trinajstić information content (AvgIpc) is 2.61. The fourth-order valence-electron chi connectivity index (χ4n) is 2.44. The molecule has 0 saturated carbocycles. The quantitative estimate of drug-likeness (QED) is 0.593. The summed E-state index contributed by atoms with van der Waals surface area (Å²) in [7, 11) is 1.69. The number of hydrogen-bond acceptors (Lipinski definition) is 1. The van der Waals surface area contributed by atoms with Crippen LogP contribution in [0.5, 0.6) is 5.75 Å². The normalized spacial score (nSPS) is 11.2. The van der Waals surface area contributed by atoms with Crippen molar-refractivity contribution >= 4 is 11.6 Å². The molecular formula is C21H18O. The van der Waals surface area contributed by atoms with E-state index < -0.39 is 0 Å². The topological polar surface area (TPSA) is 9.23 Å². The molecule has 0 N–H and O–H groups in total. The van der Waals surface area contributed by atoms with Gasteiger partial charge in [0.2, 0.25) is 0 Å². The first-order valence-electron chi connectivity index (χ1n) is 7.33. The van der Waals surface area contributed by atoms with Crippen LogP contribution in [0, 0.1) is 0 Å². The Balaban J connectivity index is 2.08. The molecule has 1 heteroatoms. The zero-order chi connectivity index (χ0) is 15.2. The molecule has 0 bridgehead atoms. The summed E-state index contributed by atoms with van der Waals surface area (Å²) in [6, 6.07) is 29.0. The molecule has 3 aromatic rings. The first-order chi connectivity index (χ1) is 10.9. The maximum absolute atomic E-state index is 5.25. The van der Waals surface area contributed by atoms with Gasteiger partial charge in [-0.05, 0) is 40.5 Å². The molecule has 0 heterocycles. The first kappa shape index (κ1) is 14.2. The first-order valence-corrected chi connectivity index (χ1v) is 7.33. The van der Waals surface area contributed by atoms with Crippen LogP contribution in [0.25, 0.3) is 11.6 Å². The van der Waals surface area contributed by atoms with Crippen LogP contribution in [-0.4, -0.2) is 7.11 Å². The third-order valence-corrected chi connectivity index (χ3v) is 3.60. The summed E-state index contributed by atoms with van der Waals surface area (Å²) in [5, 5.41) is 0. The number of rotatable bonds is 4. The highest BCUT2D eigenvalue weighted by Gasteiger charge is 2.05. The van der Waals surface area contributed by atoms with Crippen molar-refractivity contribution < 1.29 is 4.74 Å². The predicted octanol–water partition coefficient (Wildman–Crippen LogP) is 5.28. The van der Waals surface area contributed by atoms with Gasteiger partial charge in [-0.3, -0.25) is 0 Å². The number of methoxy groups -OCH3 is 1. The highest BCUT2D eigenvalue weighted by molar-refractivity contribution is 5.91. The van der Waals surface area contributed by atoms with Gasteiger partial charge < -0.3 is 4.74 Å². The third kappa shape index (κ3) is 3.26. The molecule has 0 aliphatic carbocycles. The smallest absolute Gasteiger partial charge is 0.118 e. The Bertz CT molecular complexity index is 741. The van der Waals surface area contributed by atoms with Crippen molar-refractivity contribution in [3.8, 4) is 5.75 Å². The monoisotopic (exact) mass is 286 g/mol. The van der Waals surface area contributed by atoms with E-state index in [1.165, 1.54) is 22.3 Å². The van der Waals surface area contributed by atoms with Crippen LogP contribution in [0.1, 0.15) is 16.7 Å². The van der Waals surface area contributed by atoms with Gasteiger partial charge in [0.25, 0.3) is 0 Å². The summed E-state index contributed by atoms with van der Waals surface area (Å²) in [6.45, 7) is 0. The second-order valence-electron chi connectivity index (χ2n) is 5.06. The van der Waals surface area contributed by atoms with Gasteiger partial charge in [0.05, 0.1) is 7.11 Å². The standard InChI is InChI=1S/C21H18O/c1-22-20-14-12-19(13-15-20)21(18-10-6-3-7-11-18)16-17-8-4-2-5-9-17/h2-16H,1H3/b21-16-. The van der Waals surface area contributed by atoms with E-state index in [9.17, 15) is 0 Å². The van der Waals surface area contributed by atoms with Crippen LogP contribution in [0.4, 0.5) is 0 Å². The van der Waals surface area contributed by atoms with Crippen LogP contribution in [0.3, 0.4) is 0 Å². The number of hydrogen-bond donors (Lipinski definition) is 0. The van der Waals surface area contributed by atoms with Crippen molar-refractivity contribution in [1.29, 1.82) is 0 Å². The van der Waals surface area contributed by atoms with Crippen LogP contribution in [-0.2, 0) is 0 Å². The molecule has 0 amide bonds. The van der Waals surface area contributed by atoms with Gasteiger partial charge in [0, 0.05) is 0 Å². The molecule has 3 rings (SSSR count). The minimum absolute atomic E-state index is 0.871. The molecule has 108 valence electrons. The van der Waals surface area contributed by atoms with Crippen molar-refractivity contribution in [1.82, 2.24) is 0 Å². The minimum atomic E-state index is 0.871. The second-order valence-corrected chi connectivity index (χ2v) is 5.06. The summed E-state index contributed by atoms with van der Waals surface area (Å²) in [5.74, 6) is 0.871. The van der Waals surface area contributed by atoms with Gasteiger partial charge >= 0.3 is 0 Å². The molecule has 0 aromatic heterocycles. The lowest BCUT2D eigenvalue weighted by Gasteiger charge is -2.10. The fourth-order valence-corrected chi connectivity index (χ4v) is 2.44. The molecule has 0 saturated heterocycles. The Morgan fingerprint density at radius 3 is 1.82 bits per heavy atom. The van der Waals surface area contributed by atoms with Crippen molar-refractivity contribution in [2.24, 2.45) is 0 Å². The van der Waals surface area contributed by atoms with Gasteiger partial charge in [0.1, 0.15) is 5.75 Å². The lowest BCUT2D eigenvalue weighted by Crippen LogP contribution is -1.89. The summed E-state index contributed by atoms with van der Waals surface area (Å²) in [6.07, 6.45) is 2.22. The van der Waals surface area contributed by atoms with E-state index in [-0.39, 0.29) is 0 Å². The Hall–Kier alpha value is -2.80. The Morgan fingerprint density at radius 1 is 0.682 bits per heavy atom. The predicted molar refractivity (Wildman–Crippen MR) is 92.9 cm³/mol. The zero-order valence-electron chi connectivity index (χ0n) is 12.6. The third-order valence-electron chi connectivity index (χ3n) is 3.60. The SMILES string of the molecule is COc1ccc(/C(=C\c2ccccc2)c2ccccc2)cc1. The van der Waals surface area contributed by atoms with Crippen LogP contribution >= 0.6 is 0 Å². The fraction of sp³-hybridized carbons (Fsp3) is 0.0476. The van der Waals surface area contributed by atoms with Crippen LogP contribution in [0.2, 0.25) is 0 Å². The van der Waals surface area contributed by atoms with Crippen molar-refractivity contribution in [2.75, 3.05) is 7.11 Å². The summed E-state index contributed by atoms with van der Waals surface area (Å²) < 4.78 is 5.25. The Morgan fingerprint density at radius 2 is 1.23 bits per heavy atom. The summed E-state index contributed by atoms with van der Waals surface area (Å²) in [4.78, 5) is 0. The average molecular weight is 286 g/mol. The molecule has 0 aliphatic rings. The molecule has 0 spiro atoms. The van der Waals surface area contributed by atoms with Gasteiger partial charge in [-0.2, -0.15) is 0 Å². The molecule has 0 radical (unpaired) electrons. The number of benzene rings is 3. The van der Waals surface area contributed by atoms with Crippen LogP contribution in [0.15, 0.2) is 84.9 Å². The lowest BCUT2D eigenvalue weighted by molar-refractivity contribution is 0.415. The molecule has 1 nitrogen and oxygen atoms in total. The highest BCUT2D eigenvalue weighted by atomic mass is 16.5. The van der Waals surface area contributed by atoms with Gasteiger partial charge in [-0.15, -0.1) is 0 Å². The van der Waals surface area contributed by atoms with E-state index in [1.54, 1.807) is 7.11 Å². The molecule has 0 unspecified atom stereocenters. The zero-order valence-corrected chi connectivity index (χ0v) is 12.6. The highest BCUT2D eigenvalue weighted by Crippen LogP contribution is 2.27. The molecule has 3 aromatic carbocycles. The molecule has 0 aliphatic heterocycles. The number of ether oxygens (including phenoxy) is 1. The van der Waals surface area contributed by atoms with E-state index in [1.807, 2.05) is 24.3 Å². The molecular weight excluding hydrogens is 268 g/mol. The van der Waals surface area contributed by atoms with E-state index in [2.05, 4.69) is 66.7 Å². The van der Waals surface area contributed by atoms with E-state index in [0.29, 0.717) is 0 Å². The van der Waals surface area contributed by atoms with Gasteiger partial charge in [-0.25, -0.2) is 0 Å². The van der Waals surface area contributed by atoms with Crippen molar-refractivity contribution in [2.45, 2.75) is 0 Å². The van der Waals surface area contributed by atoms with E-state index >= 15 is 0 Å². The lowest BCUT2D eigenvalue weighted by atomic mass is 9.95. The molecule has 0 fully saturated rings. The summed E-state index contributed by atoms with van der Waals surface area (Å²) in [5.41, 5.74) is 4.78. The maximum atomic E-state index is 5.25.